The summed E-state index contributed by atoms with van der Waals surface area (Å²) in [5, 5.41) is 9.68. The summed E-state index contributed by atoms with van der Waals surface area (Å²) in [6.45, 7) is 14.4. The van der Waals surface area contributed by atoms with Crippen molar-refractivity contribution in [2.75, 3.05) is 14.1 Å². The number of benzene rings is 1. The second-order valence-corrected chi connectivity index (χ2v) is 14.4. The Hall–Kier alpha value is -1.92. The van der Waals surface area contributed by atoms with Crippen LogP contribution in [-0.4, -0.2) is 49.8 Å². The third kappa shape index (κ3) is 6.03. The molecule has 0 heterocycles. The maximum Gasteiger partial charge on any atom is 0.340 e. The average Bonchev–Trinajstić information content (AvgIpc) is 2.57. The maximum atomic E-state index is 13.8. The molecular formula is C23H37NO4Si. The summed E-state index contributed by atoms with van der Waals surface area (Å²) in [6, 6.07) is 9.67. The molecule has 162 valence electrons. The fourth-order valence-electron chi connectivity index (χ4n) is 2.95. The first kappa shape index (κ1) is 25.1. The first-order valence-electron chi connectivity index (χ1n) is 10.0. The molecule has 0 saturated carbocycles. The van der Waals surface area contributed by atoms with Crippen molar-refractivity contribution in [2.45, 2.75) is 64.8 Å². The van der Waals surface area contributed by atoms with Crippen LogP contribution in [0, 0.1) is 5.92 Å². The molecule has 5 nitrogen and oxygen atoms in total. The molecule has 1 aromatic carbocycles. The Bertz CT molecular complexity index is 748. The zero-order chi connectivity index (χ0) is 22.6. The monoisotopic (exact) mass is 419 g/mol. The van der Waals surface area contributed by atoms with Gasteiger partial charge in [0.15, 0.2) is 8.32 Å². The van der Waals surface area contributed by atoms with Gasteiger partial charge in [0, 0.05) is 26.7 Å². The molecule has 6 heteroatoms. The first-order valence-corrected chi connectivity index (χ1v) is 13.0. The van der Waals surface area contributed by atoms with Crippen molar-refractivity contribution >= 4 is 20.1 Å². The van der Waals surface area contributed by atoms with E-state index in [0.717, 1.165) is 5.56 Å². The Morgan fingerprint density at radius 3 is 2.03 bits per heavy atom. The lowest BCUT2D eigenvalue weighted by atomic mass is 9.78. The van der Waals surface area contributed by atoms with Gasteiger partial charge in [-0.15, -0.1) is 0 Å². The van der Waals surface area contributed by atoms with Gasteiger partial charge in [-0.1, -0.05) is 65.0 Å². The number of carboxylic acids is 1. The highest BCUT2D eigenvalue weighted by atomic mass is 28.4. The fourth-order valence-corrected chi connectivity index (χ4v) is 4.57. The van der Waals surface area contributed by atoms with Gasteiger partial charge in [-0.25, -0.2) is 4.79 Å². The Kier molecular flexibility index (Phi) is 8.02. The zero-order valence-corrected chi connectivity index (χ0v) is 20.4. The van der Waals surface area contributed by atoms with Crippen molar-refractivity contribution in [3.05, 3.63) is 47.7 Å². The quantitative estimate of drug-likeness (QED) is 0.271. The van der Waals surface area contributed by atoms with E-state index in [9.17, 15) is 14.7 Å². The number of hydrogen-bond acceptors (Lipinski definition) is 4. The fraction of sp³-hybridized carbons (Fsp3) is 0.565. The molecule has 0 bridgehead atoms. The minimum absolute atomic E-state index is 0.126. The number of nitrogens with zero attached hydrogens (tertiary/aromatic N) is 1. The van der Waals surface area contributed by atoms with E-state index in [1.807, 2.05) is 44.2 Å². The number of carboxylic acid groups (broad SMARTS) is 1. The Balaban J connectivity index is 3.68. The van der Waals surface area contributed by atoms with Gasteiger partial charge in [0.25, 0.3) is 0 Å². The van der Waals surface area contributed by atoms with Crippen LogP contribution in [0.1, 0.15) is 40.2 Å². The van der Waals surface area contributed by atoms with Gasteiger partial charge in [-0.3, -0.25) is 4.79 Å². The SMILES string of the molecule is CC(C)C(Cc1ccccc1)(O[Si](C)(C)C(C)(C)C)C(=O)C(=CN(C)C)C(=O)O. The van der Waals surface area contributed by atoms with E-state index < -0.39 is 25.7 Å². The minimum atomic E-state index is -2.39. The Morgan fingerprint density at radius 2 is 1.66 bits per heavy atom. The van der Waals surface area contributed by atoms with Gasteiger partial charge in [0.1, 0.15) is 11.2 Å². The van der Waals surface area contributed by atoms with Gasteiger partial charge in [0.2, 0.25) is 5.78 Å². The number of ketones is 1. The number of hydrogen-bond donors (Lipinski definition) is 1. The minimum Gasteiger partial charge on any atom is -0.478 e. The molecule has 29 heavy (non-hydrogen) atoms. The molecule has 0 amide bonds. The Labute approximate surface area is 176 Å². The molecule has 0 aromatic heterocycles. The summed E-state index contributed by atoms with van der Waals surface area (Å²) >= 11 is 0. The summed E-state index contributed by atoms with van der Waals surface area (Å²) in [7, 11) is 1.02. The van der Waals surface area contributed by atoms with Crippen LogP contribution in [0.15, 0.2) is 42.1 Å². The third-order valence-electron chi connectivity index (χ3n) is 5.73. The molecule has 0 aliphatic rings. The normalized spacial score (nSPS) is 15.2. The van der Waals surface area contributed by atoms with E-state index in [4.69, 9.17) is 4.43 Å². The lowest BCUT2D eigenvalue weighted by Gasteiger charge is -2.47. The van der Waals surface area contributed by atoms with Crippen molar-refractivity contribution in [1.29, 1.82) is 0 Å². The molecule has 0 radical (unpaired) electrons. The standard InChI is InChI=1S/C23H37NO4Si/c1-17(2)23(15-18-13-11-10-12-14-18,28-29(8,9)22(3,4)5)20(25)19(21(26)27)16-24(6)7/h10-14,16-17H,15H2,1-9H3,(H,26,27). The number of carbonyl (C=O) groups excluding carboxylic acids is 1. The largest absolute Gasteiger partial charge is 0.478 e. The van der Waals surface area contributed by atoms with Crippen LogP contribution in [0.25, 0.3) is 0 Å². The van der Waals surface area contributed by atoms with Crippen LogP contribution in [0.4, 0.5) is 0 Å². The van der Waals surface area contributed by atoms with Crippen LogP contribution in [-0.2, 0) is 20.4 Å². The molecule has 1 atom stereocenters. The van der Waals surface area contributed by atoms with E-state index in [1.54, 1.807) is 19.0 Å². The van der Waals surface area contributed by atoms with Crippen molar-refractivity contribution in [3.63, 3.8) is 0 Å². The molecule has 0 fully saturated rings. The predicted octanol–water partition coefficient (Wildman–Crippen LogP) is 4.74. The smallest absolute Gasteiger partial charge is 0.340 e. The van der Waals surface area contributed by atoms with Gasteiger partial charge >= 0.3 is 5.97 Å². The van der Waals surface area contributed by atoms with E-state index in [0.29, 0.717) is 6.42 Å². The van der Waals surface area contributed by atoms with Crippen LogP contribution >= 0.6 is 0 Å². The third-order valence-corrected chi connectivity index (χ3v) is 10.2. The average molecular weight is 420 g/mol. The van der Waals surface area contributed by atoms with Gasteiger partial charge in [-0.05, 0) is 29.6 Å². The summed E-state index contributed by atoms with van der Waals surface area (Å²) < 4.78 is 6.80. The predicted molar refractivity (Wildman–Crippen MR) is 120 cm³/mol. The van der Waals surface area contributed by atoms with Crippen LogP contribution in [0.5, 0.6) is 0 Å². The summed E-state index contributed by atoms with van der Waals surface area (Å²) in [5.74, 6) is -1.92. The summed E-state index contributed by atoms with van der Waals surface area (Å²) in [6.07, 6.45) is 1.71. The molecular weight excluding hydrogens is 382 g/mol. The highest BCUT2D eigenvalue weighted by Crippen LogP contribution is 2.43. The maximum absolute atomic E-state index is 13.8. The lowest BCUT2D eigenvalue weighted by Crippen LogP contribution is -2.58. The number of aliphatic carboxylic acids is 1. The summed E-state index contributed by atoms with van der Waals surface area (Å²) in [5.41, 5.74) is -0.564. The van der Waals surface area contributed by atoms with E-state index in [2.05, 4.69) is 33.9 Å². The molecule has 1 unspecified atom stereocenters. The molecule has 1 rings (SSSR count). The van der Waals surface area contributed by atoms with Crippen molar-refractivity contribution in [1.82, 2.24) is 4.90 Å². The van der Waals surface area contributed by atoms with Gasteiger partial charge in [-0.2, -0.15) is 0 Å². The zero-order valence-electron chi connectivity index (χ0n) is 19.4. The van der Waals surface area contributed by atoms with Crippen molar-refractivity contribution in [2.24, 2.45) is 5.92 Å². The molecule has 0 spiro atoms. The van der Waals surface area contributed by atoms with Gasteiger partial charge in [0.05, 0.1) is 0 Å². The van der Waals surface area contributed by atoms with Crippen LogP contribution in [0.3, 0.4) is 0 Å². The van der Waals surface area contributed by atoms with Crippen LogP contribution in [0.2, 0.25) is 18.1 Å². The van der Waals surface area contributed by atoms with Crippen molar-refractivity contribution < 1.29 is 19.1 Å². The molecule has 1 aromatic rings. The second kappa shape index (κ2) is 9.26. The molecule has 0 aliphatic carbocycles. The lowest BCUT2D eigenvalue weighted by molar-refractivity contribution is -0.142. The highest BCUT2D eigenvalue weighted by Gasteiger charge is 2.52. The summed E-state index contributed by atoms with van der Waals surface area (Å²) in [4.78, 5) is 27.4. The van der Waals surface area contributed by atoms with Crippen LogP contribution < -0.4 is 0 Å². The molecule has 0 aliphatic heterocycles. The molecule has 0 saturated heterocycles. The number of Topliss-reactive ketones (excluding diaryl/α,β-unsaturated/α-hetero) is 1. The molecule has 1 N–H and O–H groups in total. The van der Waals surface area contributed by atoms with E-state index >= 15 is 0 Å². The Morgan fingerprint density at radius 1 is 1.14 bits per heavy atom. The highest BCUT2D eigenvalue weighted by molar-refractivity contribution is 6.74. The first-order chi connectivity index (χ1) is 13.1. The number of carbonyl (C=O) groups is 2. The van der Waals surface area contributed by atoms with Crippen molar-refractivity contribution in [3.8, 4) is 0 Å². The second-order valence-electron chi connectivity index (χ2n) is 9.71. The van der Waals surface area contributed by atoms with E-state index in [1.165, 1.54) is 6.20 Å². The number of rotatable bonds is 9. The topological polar surface area (TPSA) is 66.8 Å². The van der Waals surface area contributed by atoms with E-state index in [-0.39, 0.29) is 16.5 Å². The van der Waals surface area contributed by atoms with Gasteiger partial charge < -0.3 is 14.4 Å².